The highest BCUT2D eigenvalue weighted by molar-refractivity contribution is 7.18. The van der Waals surface area contributed by atoms with E-state index in [0.29, 0.717) is 19.5 Å². The van der Waals surface area contributed by atoms with E-state index in [1.165, 1.54) is 4.70 Å². The Morgan fingerprint density at radius 3 is 3.18 bits per heavy atom. The van der Waals surface area contributed by atoms with Crippen molar-refractivity contribution in [3.05, 3.63) is 29.3 Å². The van der Waals surface area contributed by atoms with Crippen molar-refractivity contribution in [1.82, 2.24) is 15.2 Å². The quantitative estimate of drug-likeness (QED) is 0.861. The SMILES string of the molecule is N#CCCNC(=O)CN1CCCC1c1nc2ccccc2s1. The van der Waals surface area contributed by atoms with Crippen LogP contribution in [0, 0.1) is 11.3 Å². The van der Waals surface area contributed by atoms with Crippen molar-refractivity contribution in [1.29, 1.82) is 5.26 Å². The number of hydrogen-bond donors (Lipinski definition) is 1. The molecule has 1 unspecified atom stereocenters. The molecule has 2 aromatic rings. The third-order valence-electron chi connectivity index (χ3n) is 3.86. The molecule has 6 heteroatoms. The van der Waals surface area contributed by atoms with Gasteiger partial charge in [-0.3, -0.25) is 9.69 Å². The summed E-state index contributed by atoms with van der Waals surface area (Å²) in [5.74, 6) is -0.0109. The zero-order chi connectivity index (χ0) is 15.4. The molecule has 2 heterocycles. The van der Waals surface area contributed by atoms with E-state index < -0.39 is 0 Å². The molecule has 1 N–H and O–H groups in total. The highest BCUT2D eigenvalue weighted by Gasteiger charge is 2.29. The average molecular weight is 314 g/mol. The van der Waals surface area contributed by atoms with Crippen molar-refractivity contribution in [2.45, 2.75) is 25.3 Å². The number of benzene rings is 1. The van der Waals surface area contributed by atoms with Gasteiger partial charge in [0.1, 0.15) is 5.01 Å². The van der Waals surface area contributed by atoms with Crippen LogP contribution in [0.15, 0.2) is 24.3 Å². The monoisotopic (exact) mass is 314 g/mol. The first-order chi connectivity index (χ1) is 10.8. The standard InChI is InChI=1S/C16H18N4OS/c17-8-4-9-18-15(21)11-20-10-3-6-13(20)16-19-12-5-1-2-7-14(12)22-16/h1-2,5,7,13H,3-4,6,9-11H2,(H,18,21). The van der Waals surface area contributed by atoms with Crippen molar-refractivity contribution in [2.75, 3.05) is 19.6 Å². The first-order valence-corrected chi connectivity index (χ1v) is 8.33. The van der Waals surface area contributed by atoms with Crippen LogP contribution in [-0.2, 0) is 4.79 Å². The minimum absolute atomic E-state index is 0.0109. The number of likely N-dealkylation sites (tertiary alicyclic amines) is 1. The first kappa shape index (κ1) is 14.9. The van der Waals surface area contributed by atoms with Crippen LogP contribution in [0.1, 0.15) is 30.3 Å². The molecule has 0 saturated carbocycles. The second-order valence-electron chi connectivity index (χ2n) is 5.41. The van der Waals surface area contributed by atoms with Crippen LogP contribution in [0.25, 0.3) is 10.2 Å². The fourth-order valence-corrected chi connectivity index (χ4v) is 3.96. The third kappa shape index (κ3) is 3.26. The van der Waals surface area contributed by atoms with Crippen molar-refractivity contribution in [3.63, 3.8) is 0 Å². The molecule has 0 spiro atoms. The summed E-state index contributed by atoms with van der Waals surface area (Å²) in [7, 11) is 0. The number of rotatable bonds is 5. The second kappa shape index (κ2) is 6.86. The molecular weight excluding hydrogens is 296 g/mol. The molecule has 5 nitrogen and oxygen atoms in total. The lowest BCUT2D eigenvalue weighted by atomic mass is 10.2. The summed E-state index contributed by atoms with van der Waals surface area (Å²) >= 11 is 1.72. The van der Waals surface area contributed by atoms with Crippen LogP contribution < -0.4 is 5.32 Å². The first-order valence-electron chi connectivity index (χ1n) is 7.51. The van der Waals surface area contributed by atoms with E-state index in [0.717, 1.165) is 29.9 Å². The van der Waals surface area contributed by atoms with Gasteiger partial charge in [0, 0.05) is 6.54 Å². The van der Waals surface area contributed by atoms with Crippen LogP contribution in [0.4, 0.5) is 0 Å². The number of nitrogens with one attached hydrogen (secondary N) is 1. The van der Waals surface area contributed by atoms with Crippen molar-refractivity contribution < 1.29 is 4.79 Å². The van der Waals surface area contributed by atoms with Gasteiger partial charge < -0.3 is 5.32 Å². The van der Waals surface area contributed by atoms with Crippen LogP contribution in [0.5, 0.6) is 0 Å². The Labute approximate surface area is 133 Å². The summed E-state index contributed by atoms with van der Waals surface area (Å²) < 4.78 is 1.20. The third-order valence-corrected chi connectivity index (χ3v) is 5.00. The number of fused-ring (bicyclic) bond motifs is 1. The Morgan fingerprint density at radius 1 is 1.50 bits per heavy atom. The number of aromatic nitrogens is 1. The predicted molar refractivity (Wildman–Crippen MR) is 86.4 cm³/mol. The number of carbonyl (C=O) groups is 1. The van der Waals surface area contributed by atoms with E-state index in [4.69, 9.17) is 10.2 Å². The van der Waals surface area contributed by atoms with Crippen molar-refractivity contribution >= 4 is 27.5 Å². The van der Waals surface area contributed by atoms with Gasteiger partial charge in [0.05, 0.1) is 35.3 Å². The lowest BCUT2D eigenvalue weighted by molar-refractivity contribution is -0.122. The topological polar surface area (TPSA) is 69.0 Å². The molecule has 1 aromatic heterocycles. The number of hydrogen-bond acceptors (Lipinski definition) is 5. The summed E-state index contributed by atoms with van der Waals surface area (Å²) in [6.45, 7) is 1.73. The number of thiazole rings is 1. The molecule has 0 bridgehead atoms. The van der Waals surface area contributed by atoms with Gasteiger partial charge in [-0.1, -0.05) is 12.1 Å². The van der Waals surface area contributed by atoms with Gasteiger partial charge in [-0.05, 0) is 31.5 Å². The molecule has 1 aliphatic heterocycles. The maximum atomic E-state index is 11.9. The summed E-state index contributed by atoms with van der Waals surface area (Å²) in [5, 5.41) is 12.4. The lowest BCUT2D eigenvalue weighted by Gasteiger charge is -2.21. The Kier molecular flexibility index (Phi) is 4.66. The Morgan fingerprint density at radius 2 is 2.36 bits per heavy atom. The molecule has 1 amide bonds. The highest BCUT2D eigenvalue weighted by Crippen LogP contribution is 2.35. The van der Waals surface area contributed by atoms with Crippen LogP contribution in [0.2, 0.25) is 0 Å². The predicted octanol–water partition coefficient (Wildman–Crippen LogP) is 2.46. The van der Waals surface area contributed by atoms with Gasteiger partial charge in [0.2, 0.25) is 5.91 Å². The molecule has 1 saturated heterocycles. The molecule has 0 aliphatic carbocycles. The average Bonchev–Trinajstić information content (AvgIpc) is 3.13. The van der Waals surface area contributed by atoms with Crippen molar-refractivity contribution in [3.8, 4) is 6.07 Å². The van der Waals surface area contributed by atoms with Gasteiger partial charge in [0.15, 0.2) is 0 Å². The second-order valence-corrected chi connectivity index (χ2v) is 6.47. The minimum atomic E-state index is -0.0109. The molecule has 114 valence electrons. The molecular formula is C16H18N4OS. The molecule has 3 rings (SSSR count). The zero-order valence-electron chi connectivity index (χ0n) is 12.3. The number of nitriles is 1. The van der Waals surface area contributed by atoms with Gasteiger partial charge in [0.25, 0.3) is 0 Å². The summed E-state index contributed by atoms with van der Waals surface area (Å²) in [4.78, 5) is 18.9. The Hall–Kier alpha value is -1.97. The van der Waals surface area contributed by atoms with E-state index in [1.54, 1.807) is 11.3 Å². The van der Waals surface area contributed by atoms with E-state index >= 15 is 0 Å². The molecule has 22 heavy (non-hydrogen) atoms. The van der Waals surface area contributed by atoms with E-state index in [2.05, 4.69) is 16.3 Å². The molecule has 1 aromatic carbocycles. The zero-order valence-corrected chi connectivity index (χ0v) is 13.1. The summed E-state index contributed by atoms with van der Waals surface area (Å²) in [6, 6.07) is 10.4. The van der Waals surface area contributed by atoms with Gasteiger partial charge in [-0.2, -0.15) is 5.26 Å². The molecule has 1 fully saturated rings. The van der Waals surface area contributed by atoms with E-state index in [-0.39, 0.29) is 11.9 Å². The van der Waals surface area contributed by atoms with Gasteiger partial charge in [-0.15, -0.1) is 11.3 Å². The van der Waals surface area contributed by atoms with Crippen LogP contribution in [-0.4, -0.2) is 35.4 Å². The largest absolute Gasteiger partial charge is 0.354 e. The maximum absolute atomic E-state index is 11.9. The number of amides is 1. The fraction of sp³-hybridized carbons (Fsp3) is 0.438. The minimum Gasteiger partial charge on any atom is -0.354 e. The van der Waals surface area contributed by atoms with E-state index in [1.807, 2.05) is 24.3 Å². The molecule has 1 aliphatic rings. The smallest absolute Gasteiger partial charge is 0.234 e. The summed E-state index contributed by atoms with van der Waals surface area (Å²) in [6.07, 6.45) is 2.49. The van der Waals surface area contributed by atoms with Gasteiger partial charge in [-0.25, -0.2) is 4.98 Å². The van der Waals surface area contributed by atoms with Crippen LogP contribution >= 0.6 is 11.3 Å². The Balaban J connectivity index is 1.67. The number of carbonyl (C=O) groups excluding carboxylic acids is 1. The summed E-state index contributed by atoms with van der Waals surface area (Å²) in [5.41, 5.74) is 1.04. The lowest BCUT2D eigenvalue weighted by Crippen LogP contribution is -2.37. The van der Waals surface area contributed by atoms with E-state index in [9.17, 15) is 4.79 Å². The number of nitrogens with zero attached hydrogens (tertiary/aromatic N) is 3. The molecule has 0 radical (unpaired) electrons. The maximum Gasteiger partial charge on any atom is 0.234 e. The highest BCUT2D eigenvalue weighted by atomic mass is 32.1. The van der Waals surface area contributed by atoms with Crippen molar-refractivity contribution in [2.24, 2.45) is 0 Å². The van der Waals surface area contributed by atoms with Crippen LogP contribution in [0.3, 0.4) is 0 Å². The van der Waals surface area contributed by atoms with Gasteiger partial charge >= 0.3 is 0 Å². The fourth-order valence-electron chi connectivity index (χ4n) is 2.83. The molecule has 1 atom stereocenters. The number of para-hydroxylation sites is 1. The Bertz CT molecular complexity index is 672. The normalized spacial score (nSPS) is 18.4.